The molecule has 0 saturated carbocycles. The van der Waals surface area contributed by atoms with Crippen LogP contribution in [0.4, 0.5) is 0 Å². The molecular weight excluding hydrogens is 360 g/mol. The number of aromatic amines is 1. The Kier molecular flexibility index (Phi) is 3.38. The average molecular weight is 371 g/mol. The molecule has 0 saturated heterocycles. The van der Waals surface area contributed by atoms with Crippen molar-refractivity contribution in [3.63, 3.8) is 0 Å². The van der Waals surface area contributed by atoms with E-state index in [1.165, 1.54) is 0 Å². The van der Waals surface area contributed by atoms with E-state index in [2.05, 4.69) is 25.9 Å². The maximum absolute atomic E-state index is 12.1. The molecule has 2 aromatic carbocycles. The number of nitrogens with zero attached hydrogens (tertiary/aromatic N) is 1. The second kappa shape index (κ2) is 5.55. The maximum Gasteiger partial charge on any atom is 0.259 e. The van der Waals surface area contributed by atoms with Crippen LogP contribution < -0.4 is 15.0 Å². The van der Waals surface area contributed by atoms with Gasteiger partial charge in [0.15, 0.2) is 11.5 Å². The Labute approximate surface area is 139 Å². The summed E-state index contributed by atoms with van der Waals surface area (Å²) in [4.78, 5) is 19.3. The molecule has 3 aromatic rings. The second-order valence-corrected chi connectivity index (χ2v) is 5.97. The van der Waals surface area contributed by atoms with Crippen LogP contribution >= 0.6 is 15.9 Å². The van der Waals surface area contributed by atoms with Crippen molar-refractivity contribution < 1.29 is 9.47 Å². The maximum atomic E-state index is 12.1. The molecule has 1 aliphatic heterocycles. The lowest BCUT2D eigenvalue weighted by Gasteiger charge is -2.00. The van der Waals surface area contributed by atoms with Crippen LogP contribution in [0, 0.1) is 0 Å². The predicted molar refractivity (Wildman–Crippen MR) is 91.6 cm³/mol. The van der Waals surface area contributed by atoms with Gasteiger partial charge in [-0.3, -0.25) is 4.79 Å². The van der Waals surface area contributed by atoms with Gasteiger partial charge >= 0.3 is 0 Å². The summed E-state index contributed by atoms with van der Waals surface area (Å²) in [6, 6.07) is 11.1. The van der Waals surface area contributed by atoms with Crippen molar-refractivity contribution in [2.75, 3.05) is 6.79 Å². The molecule has 0 radical (unpaired) electrons. The predicted octanol–water partition coefficient (Wildman–Crippen LogP) is 3.58. The highest BCUT2D eigenvalue weighted by molar-refractivity contribution is 9.10. The highest BCUT2D eigenvalue weighted by atomic mass is 79.9. The summed E-state index contributed by atoms with van der Waals surface area (Å²) >= 11 is 3.35. The Morgan fingerprint density at radius 2 is 1.96 bits per heavy atom. The molecular formula is C17H11BrN2O3. The van der Waals surface area contributed by atoms with E-state index in [0.29, 0.717) is 16.7 Å². The Bertz CT molecular complexity index is 995. The Balaban J connectivity index is 1.70. The van der Waals surface area contributed by atoms with E-state index in [-0.39, 0.29) is 12.4 Å². The van der Waals surface area contributed by atoms with Crippen molar-refractivity contribution in [2.24, 2.45) is 0 Å². The lowest BCUT2D eigenvalue weighted by Crippen LogP contribution is -2.09. The molecule has 114 valence electrons. The molecule has 0 atom stereocenters. The van der Waals surface area contributed by atoms with Gasteiger partial charge in [-0.15, -0.1) is 0 Å². The molecule has 23 heavy (non-hydrogen) atoms. The number of benzene rings is 2. The fourth-order valence-electron chi connectivity index (χ4n) is 2.40. The number of hydrogen-bond donors (Lipinski definition) is 1. The Hall–Kier alpha value is -2.60. The quantitative estimate of drug-likeness (QED) is 0.748. The smallest absolute Gasteiger partial charge is 0.259 e. The van der Waals surface area contributed by atoms with Crippen LogP contribution in [0.1, 0.15) is 11.4 Å². The Morgan fingerprint density at radius 3 is 2.87 bits per heavy atom. The number of hydrogen-bond acceptors (Lipinski definition) is 4. The lowest BCUT2D eigenvalue weighted by molar-refractivity contribution is 0.174. The number of nitrogens with one attached hydrogen (secondary N) is 1. The summed E-state index contributed by atoms with van der Waals surface area (Å²) < 4.78 is 11.5. The number of ether oxygens (including phenoxy) is 2. The molecule has 0 aliphatic carbocycles. The van der Waals surface area contributed by atoms with Crippen LogP contribution in [0.15, 0.2) is 45.7 Å². The van der Waals surface area contributed by atoms with Crippen LogP contribution in [0.25, 0.3) is 23.1 Å². The van der Waals surface area contributed by atoms with Gasteiger partial charge in [-0.2, -0.15) is 0 Å². The van der Waals surface area contributed by atoms with E-state index >= 15 is 0 Å². The zero-order valence-electron chi connectivity index (χ0n) is 11.9. The first-order valence-electron chi connectivity index (χ1n) is 6.96. The van der Waals surface area contributed by atoms with Gasteiger partial charge in [-0.05, 0) is 42.0 Å². The first kappa shape index (κ1) is 14.0. The molecule has 0 unspecified atom stereocenters. The summed E-state index contributed by atoms with van der Waals surface area (Å²) in [7, 11) is 0. The van der Waals surface area contributed by atoms with Crippen molar-refractivity contribution in [2.45, 2.75) is 0 Å². The van der Waals surface area contributed by atoms with Crippen molar-refractivity contribution in [3.05, 3.63) is 62.6 Å². The zero-order chi connectivity index (χ0) is 15.8. The summed E-state index contributed by atoms with van der Waals surface area (Å²) in [6.07, 6.45) is 3.63. The minimum atomic E-state index is -0.165. The van der Waals surface area contributed by atoms with Crippen LogP contribution in [0.2, 0.25) is 0 Å². The van der Waals surface area contributed by atoms with Gasteiger partial charge in [0.05, 0.1) is 10.9 Å². The van der Waals surface area contributed by atoms with Gasteiger partial charge in [0.1, 0.15) is 5.82 Å². The van der Waals surface area contributed by atoms with E-state index in [9.17, 15) is 4.79 Å². The third-order valence-corrected chi connectivity index (χ3v) is 4.01. The Morgan fingerprint density at radius 1 is 1.09 bits per heavy atom. The van der Waals surface area contributed by atoms with Crippen molar-refractivity contribution in [3.8, 4) is 11.5 Å². The first-order valence-corrected chi connectivity index (χ1v) is 7.76. The fraction of sp³-hybridized carbons (Fsp3) is 0.0588. The fourth-order valence-corrected chi connectivity index (χ4v) is 2.76. The largest absolute Gasteiger partial charge is 0.454 e. The van der Waals surface area contributed by atoms with Gasteiger partial charge in [0.2, 0.25) is 6.79 Å². The molecule has 0 amide bonds. The molecule has 0 bridgehead atoms. The third-order valence-electron chi connectivity index (χ3n) is 3.52. The van der Waals surface area contributed by atoms with Crippen LogP contribution in [-0.2, 0) is 0 Å². The van der Waals surface area contributed by atoms with Crippen molar-refractivity contribution in [1.29, 1.82) is 0 Å². The van der Waals surface area contributed by atoms with E-state index < -0.39 is 0 Å². The molecule has 0 spiro atoms. The molecule has 5 nitrogen and oxygen atoms in total. The summed E-state index contributed by atoms with van der Waals surface area (Å²) in [6.45, 7) is 0.248. The number of fused-ring (bicyclic) bond motifs is 2. The summed E-state index contributed by atoms with van der Waals surface area (Å²) in [5, 5.41) is 0.555. The molecule has 2 heterocycles. The topological polar surface area (TPSA) is 64.2 Å². The molecule has 1 N–H and O–H groups in total. The van der Waals surface area contributed by atoms with Crippen LogP contribution in [0.5, 0.6) is 11.5 Å². The van der Waals surface area contributed by atoms with Crippen molar-refractivity contribution >= 4 is 39.0 Å². The second-order valence-electron chi connectivity index (χ2n) is 5.06. The summed E-state index contributed by atoms with van der Waals surface area (Å²) in [5.74, 6) is 1.96. The number of rotatable bonds is 2. The third kappa shape index (κ3) is 2.73. The van der Waals surface area contributed by atoms with Gasteiger partial charge in [0, 0.05) is 4.47 Å². The van der Waals surface area contributed by atoms with Gasteiger partial charge in [0.25, 0.3) is 5.56 Å². The monoisotopic (exact) mass is 370 g/mol. The SMILES string of the molecule is O=c1[nH]c(/C=C/c2ccc3c(c2)OCO3)nc2ccc(Br)cc12. The first-order chi connectivity index (χ1) is 11.2. The minimum absolute atomic E-state index is 0.165. The molecule has 4 rings (SSSR count). The highest BCUT2D eigenvalue weighted by Crippen LogP contribution is 2.32. The molecule has 0 fully saturated rings. The molecule has 1 aromatic heterocycles. The average Bonchev–Trinajstić information content (AvgIpc) is 3.01. The van der Waals surface area contributed by atoms with Gasteiger partial charge in [-0.25, -0.2) is 4.98 Å². The van der Waals surface area contributed by atoms with E-state index in [1.807, 2.05) is 36.4 Å². The van der Waals surface area contributed by atoms with E-state index in [0.717, 1.165) is 21.5 Å². The normalized spacial score (nSPS) is 13.1. The lowest BCUT2D eigenvalue weighted by atomic mass is 10.2. The van der Waals surface area contributed by atoms with Crippen LogP contribution in [0.3, 0.4) is 0 Å². The minimum Gasteiger partial charge on any atom is -0.454 e. The van der Waals surface area contributed by atoms with Crippen molar-refractivity contribution in [1.82, 2.24) is 9.97 Å². The van der Waals surface area contributed by atoms with Gasteiger partial charge < -0.3 is 14.5 Å². The molecule has 1 aliphatic rings. The van der Waals surface area contributed by atoms with E-state index in [1.54, 1.807) is 12.1 Å². The standard InChI is InChI=1S/C17H11BrN2O3/c18-11-3-4-13-12(8-11)17(21)20-16(19-13)6-2-10-1-5-14-15(7-10)23-9-22-14/h1-8H,9H2,(H,19,20,21)/b6-2+. The number of halogens is 1. The number of H-pyrrole nitrogens is 1. The highest BCUT2D eigenvalue weighted by Gasteiger charge is 2.12. The van der Waals surface area contributed by atoms with Crippen LogP contribution in [-0.4, -0.2) is 16.8 Å². The summed E-state index contributed by atoms with van der Waals surface area (Å²) in [5.41, 5.74) is 1.43. The van der Waals surface area contributed by atoms with E-state index in [4.69, 9.17) is 9.47 Å². The zero-order valence-corrected chi connectivity index (χ0v) is 13.5. The molecule has 6 heteroatoms. The number of aromatic nitrogens is 2. The van der Waals surface area contributed by atoms with Gasteiger partial charge in [-0.1, -0.05) is 28.1 Å².